The van der Waals surface area contributed by atoms with Crippen LogP contribution in [0.4, 0.5) is 0 Å². The van der Waals surface area contributed by atoms with Gasteiger partial charge in [0.25, 0.3) is 0 Å². The second-order valence-corrected chi connectivity index (χ2v) is 6.18. The SMILES string of the molecule is COCCNC(=O)CN1CCN(C(=O)[C@@H](N)CC(C)C)CC1.Cl.Cl. The number of hydrogen-bond donors (Lipinski definition) is 2. The highest BCUT2D eigenvalue weighted by Crippen LogP contribution is 2.08. The minimum atomic E-state index is -0.413. The molecule has 24 heavy (non-hydrogen) atoms. The van der Waals surface area contributed by atoms with Crippen LogP contribution in [-0.4, -0.2) is 80.6 Å². The number of rotatable bonds is 8. The van der Waals surface area contributed by atoms with Gasteiger partial charge in [0.1, 0.15) is 0 Å². The Labute approximate surface area is 157 Å². The maximum Gasteiger partial charge on any atom is 0.239 e. The van der Waals surface area contributed by atoms with Crippen molar-refractivity contribution in [2.75, 3.05) is 53.0 Å². The van der Waals surface area contributed by atoms with Gasteiger partial charge in [0, 0.05) is 39.8 Å². The van der Waals surface area contributed by atoms with Crippen molar-refractivity contribution in [2.24, 2.45) is 11.7 Å². The molecule has 0 bridgehead atoms. The molecule has 7 nitrogen and oxygen atoms in total. The molecule has 0 aromatic rings. The minimum Gasteiger partial charge on any atom is -0.383 e. The van der Waals surface area contributed by atoms with Gasteiger partial charge >= 0.3 is 0 Å². The molecule has 0 spiro atoms. The van der Waals surface area contributed by atoms with E-state index < -0.39 is 6.04 Å². The maximum atomic E-state index is 12.2. The predicted octanol–water partition coefficient (Wildman–Crippen LogP) is 0.110. The van der Waals surface area contributed by atoms with Crippen LogP contribution in [0.15, 0.2) is 0 Å². The molecule has 1 saturated heterocycles. The molecule has 1 rings (SSSR count). The standard InChI is InChI=1S/C15H30N4O3.2ClH/c1-12(2)10-13(16)15(21)19-7-5-18(6-8-19)11-14(20)17-4-9-22-3;;/h12-13H,4-11,16H2,1-3H3,(H,17,20);2*1H/t13-;;/m0../s1. The summed E-state index contributed by atoms with van der Waals surface area (Å²) in [7, 11) is 1.60. The van der Waals surface area contributed by atoms with Gasteiger partial charge in [-0.15, -0.1) is 24.8 Å². The van der Waals surface area contributed by atoms with Crippen molar-refractivity contribution >= 4 is 36.6 Å². The molecule has 0 aliphatic carbocycles. The molecule has 0 aromatic heterocycles. The maximum absolute atomic E-state index is 12.2. The van der Waals surface area contributed by atoms with E-state index in [1.54, 1.807) is 7.11 Å². The molecule has 1 atom stereocenters. The average molecular weight is 387 g/mol. The van der Waals surface area contributed by atoms with Gasteiger partial charge in [-0.25, -0.2) is 0 Å². The zero-order valence-electron chi connectivity index (χ0n) is 14.8. The first-order valence-electron chi connectivity index (χ1n) is 7.96. The molecule has 1 fully saturated rings. The van der Waals surface area contributed by atoms with Crippen molar-refractivity contribution in [3.8, 4) is 0 Å². The summed E-state index contributed by atoms with van der Waals surface area (Å²) in [6.45, 7) is 8.21. The Bertz CT molecular complexity index is 365. The average Bonchev–Trinajstić information content (AvgIpc) is 2.47. The summed E-state index contributed by atoms with van der Waals surface area (Å²) >= 11 is 0. The second-order valence-electron chi connectivity index (χ2n) is 6.18. The second kappa shape index (κ2) is 13.7. The third-order valence-electron chi connectivity index (χ3n) is 3.72. The lowest BCUT2D eigenvalue weighted by Crippen LogP contribution is -2.54. The number of methoxy groups -OCH3 is 1. The number of nitrogens with one attached hydrogen (secondary N) is 1. The molecule has 2 amide bonds. The van der Waals surface area contributed by atoms with Crippen LogP contribution in [0.3, 0.4) is 0 Å². The van der Waals surface area contributed by atoms with E-state index in [1.807, 2.05) is 4.90 Å². The molecule has 1 aliphatic rings. The number of nitrogens with two attached hydrogens (primary N) is 1. The zero-order chi connectivity index (χ0) is 16.5. The first-order chi connectivity index (χ1) is 10.4. The fourth-order valence-electron chi connectivity index (χ4n) is 2.52. The Balaban J connectivity index is 0. The number of carbonyl (C=O) groups is 2. The van der Waals surface area contributed by atoms with E-state index in [0.29, 0.717) is 58.2 Å². The normalized spacial score (nSPS) is 16.1. The summed E-state index contributed by atoms with van der Waals surface area (Å²) in [4.78, 5) is 27.8. The first-order valence-corrected chi connectivity index (χ1v) is 7.96. The van der Waals surface area contributed by atoms with Gasteiger partial charge in [0.05, 0.1) is 19.2 Å². The molecule has 9 heteroatoms. The van der Waals surface area contributed by atoms with Gasteiger partial charge in [-0.3, -0.25) is 14.5 Å². The Morgan fingerprint density at radius 1 is 1.17 bits per heavy atom. The lowest BCUT2D eigenvalue weighted by atomic mass is 10.0. The number of halogens is 2. The van der Waals surface area contributed by atoms with E-state index in [1.165, 1.54) is 0 Å². The smallest absolute Gasteiger partial charge is 0.239 e. The Hall–Kier alpha value is -0.600. The van der Waals surface area contributed by atoms with E-state index in [4.69, 9.17) is 10.5 Å². The van der Waals surface area contributed by atoms with E-state index >= 15 is 0 Å². The molecular weight excluding hydrogens is 355 g/mol. The van der Waals surface area contributed by atoms with Crippen LogP contribution in [0.5, 0.6) is 0 Å². The molecular formula is C15H32Cl2N4O3. The molecule has 144 valence electrons. The van der Waals surface area contributed by atoms with Crippen molar-refractivity contribution in [1.82, 2.24) is 15.1 Å². The van der Waals surface area contributed by atoms with Crippen LogP contribution in [0.2, 0.25) is 0 Å². The number of piperazine rings is 1. The highest BCUT2D eigenvalue weighted by atomic mass is 35.5. The minimum absolute atomic E-state index is 0. The summed E-state index contributed by atoms with van der Waals surface area (Å²) in [6, 6.07) is -0.413. The zero-order valence-corrected chi connectivity index (χ0v) is 16.5. The molecule has 3 N–H and O–H groups in total. The van der Waals surface area contributed by atoms with Crippen molar-refractivity contribution in [1.29, 1.82) is 0 Å². The summed E-state index contributed by atoms with van der Waals surface area (Å²) in [5, 5.41) is 2.80. The van der Waals surface area contributed by atoms with Crippen LogP contribution in [0, 0.1) is 5.92 Å². The van der Waals surface area contributed by atoms with E-state index in [-0.39, 0.29) is 36.6 Å². The quantitative estimate of drug-likeness (QED) is 0.578. The number of nitrogens with zero attached hydrogens (tertiary/aromatic N) is 2. The molecule has 0 radical (unpaired) electrons. The van der Waals surface area contributed by atoms with Crippen LogP contribution >= 0.6 is 24.8 Å². The molecule has 0 unspecified atom stereocenters. The van der Waals surface area contributed by atoms with Gasteiger partial charge < -0.3 is 20.7 Å². The predicted molar refractivity (Wildman–Crippen MR) is 99.8 cm³/mol. The largest absolute Gasteiger partial charge is 0.383 e. The Morgan fingerprint density at radius 2 is 1.75 bits per heavy atom. The van der Waals surface area contributed by atoms with Crippen molar-refractivity contribution < 1.29 is 14.3 Å². The third kappa shape index (κ3) is 9.64. The lowest BCUT2D eigenvalue weighted by Gasteiger charge is -2.35. The van der Waals surface area contributed by atoms with Crippen molar-refractivity contribution in [3.63, 3.8) is 0 Å². The Morgan fingerprint density at radius 3 is 2.25 bits per heavy atom. The highest BCUT2D eigenvalue weighted by Gasteiger charge is 2.26. The van der Waals surface area contributed by atoms with Gasteiger partial charge in [-0.05, 0) is 12.3 Å². The van der Waals surface area contributed by atoms with Crippen molar-refractivity contribution in [2.45, 2.75) is 26.3 Å². The fraction of sp³-hybridized carbons (Fsp3) is 0.867. The number of carbonyl (C=O) groups excluding carboxylic acids is 2. The molecule has 1 aliphatic heterocycles. The van der Waals surface area contributed by atoms with Crippen LogP contribution in [-0.2, 0) is 14.3 Å². The first kappa shape index (κ1) is 25.6. The van der Waals surface area contributed by atoms with Crippen LogP contribution < -0.4 is 11.1 Å². The fourth-order valence-corrected chi connectivity index (χ4v) is 2.52. The number of hydrogen-bond acceptors (Lipinski definition) is 5. The molecule has 0 saturated carbocycles. The summed E-state index contributed by atoms with van der Waals surface area (Å²) in [5.74, 6) is 0.433. The van der Waals surface area contributed by atoms with E-state index in [0.717, 1.165) is 0 Å². The highest BCUT2D eigenvalue weighted by molar-refractivity contribution is 5.85. The summed E-state index contributed by atoms with van der Waals surface area (Å²) in [5.41, 5.74) is 5.95. The number of ether oxygens (including phenoxy) is 1. The summed E-state index contributed by atoms with van der Waals surface area (Å²) in [6.07, 6.45) is 0.709. The third-order valence-corrected chi connectivity index (χ3v) is 3.72. The molecule has 0 aromatic carbocycles. The lowest BCUT2D eigenvalue weighted by molar-refractivity contribution is -0.135. The van der Waals surface area contributed by atoms with E-state index in [2.05, 4.69) is 24.1 Å². The van der Waals surface area contributed by atoms with Gasteiger partial charge in [0.2, 0.25) is 11.8 Å². The summed E-state index contributed by atoms with van der Waals surface area (Å²) < 4.78 is 4.89. The van der Waals surface area contributed by atoms with E-state index in [9.17, 15) is 9.59 Å². The van der Waals surface area contributed by atoms with Crippen LogP contribution in [0.25, 0.3) is 0 Å². The van der Waals surface area contributed by atoms with Gasteiger partial charge in [0.15, 0.2) is 0 Å². The number of amides is 2. The monoisotopic (exact) mass is 386 g/mol. The van der Waals surface area contributed by atoms with Gasteiger partial charge in [-0.1, -0.05) is 13.8 Å². The molecule has 1 heterocycles. The van der Waals surface area contributed by atoms with Crippen LogP contribution in [0.1, 0.15) is 20.3 Å². The Kier molecular flexibility index (Phi) is 14.6. The topological polar surface area (TPSA) is 87.9 Å². The van der Waals surface area contributed by atoms with Crippen molar-refractivity contribution in [3.05, 3.63) is 0 Å². The van der Waals surface area contributed by atoms with Gasteiger partial charge in [-0.2, -0.15) is 0 Å².